The van der Waals surface area contributed by atoms with Crippen LogP contribution in [0.15, 0.2) is 60.8 Å². The van der Waals surface area contributed by atoms with Crippen molar-refractivity contribution in [3.05, 3.63) is 78.3 Å². The molecule has 4 rings (SSSR count). The molecule has 1 aliphatic carbocycles. The maximum Gasteiger partial charge on any atom is 0.0486 e. The van der Waals surface area contributed by atoms with Gasteiger partial charge in [-0.1, -0.05) is 48.5 Å². The van der Waals surface area contributed by atoms with Crippen LogP contribution >= 0.6 is 0 Å². The van der Waals surface area contributed by atoms with Crippen LogP contribution in [0.25, 0.3) is 10.9 Å². The Bertz CT molecular complexity index is 705. The van der Waals surface area contributed by atoms with E-state index in [2.05, 4.69) is 71.8 Å². The molecule has 19 heavy (non-hydrogen) atoms. The average molecular weight is 246 g/mol. The highest BCUT2D eigenvalue weighted by atomic mass is 15.0. The van der Waals surface area contributed by atoms with Crippen molar-refractivity contribution in [3.63, 3.8) is 0 Å². The zero-order valence-corrected chi connectivity index (χ0v) is 10.8. The maximum absolute atomic E-state index is 2.38. The lowest BCUT2D eigenvalue weighted by molar-refractivity contribution is 0.831. The summed E-state index contributed by atoms with van der Waals surface area (Å²) in [5.74, 6) is 0.682. The van der Waals surface area contributed by atoms with Gasteiger partial charge in [0.2, 0.25) is 0 Å². The molecule has 1 heterocycles. The van der Waals surface area contributed by atoms with Gasteiger partial charge in [-0.05, 0) is 36.0 Å². The predicted molar refractivity (Wildman–Crippen MR) is 79.1 cm³/mol. The van der Waals surface area contributed by atoms with Gasteiger partial charge in [-0.3, -0.25) is 0 Å². The van der Waals surface area contributed by atoms with E-state index in [1.807, 2.05) is 0 Å². The summed E-state index contributed by atoms with van der Waals surface area (Å²) in [4.78, 5) is 0. The second-order valence-electron chi connectivity index (χ2n) is 5.29. The average Bonchev–Trinajstić information content (AvgIpc) is 3.24. The Balaban J connectivity index is 1.81. The first-order valence-corrected chi connectivity index (χ1v) is 6.87. The largest absolute Gasteiger partial charge is 0.343 e. The Kier molecular flexibility index (Phi) is 2.44. The van der Waals surface area contributed by atoms with Crippen LogP contribution in [0.1, 0.15) is 23.5 Å². The minimum Gasteiger partial charge on any atom is -0.343 e. The molecule has 1 atom stereocenters. The van der Waals surface area contributed by atoms with Crippen LogP contribution < -0.4 is 0 Å². The molecule has 1 unspecified atom stereocenters. The second-order valence-corrected chi connectivity index (χ2v) is 5.29. The Morgan fingerprint density at radius 2 is 1.68 bits per heavy atom. The maximum atomic E-state index is 2.38. The summed E-state index contributed by atoms with van der Waals surface area (Å²) >= 11 is 0. The summed E-state index contributed by atoms with van der Waals surface area (Å²) < 4.78 is 2.38. The summed E-state index contributed by atoms with van der Waals surface area (Å²) in [6.07, 6.45) is 5.96. The van der Waals surface area contributed by atoms with Crippen LogP contribution in [0.5, 0.6) is 0 Å². The lowest BCUT2D eigenvalue weighted by Gasteiger charge is -2.05. The van der Waals surface area contributed by atoms with E-state index >= 15 is 0 Å². The summed E-state index contributed by atoms with van der Waals surface area (Å²) in [5.41, 5.74) is 4.20. The molecule has 1 fully saturated rings. The number of nitrogens with zero attached hydrogens (tertiary/aromatic N) is 1. The summed E-state index contributed by atoms with van der Waals surface area (Å²) in [5, 5.41) is 1.41. The van der Waals surface area contributed by atoms with Gasteiger partial charge >= 0.3 is 0 Å². The third kappa shape index (κ3) is 1.95. The Morgan fingerprint density at radius 3 is 2.47 bits per heavy atom. The van der Waals surface area contributed by atoms with Gasteiger partial charge in [0, 0.05) is 23.6 Å². The predicted octanol–water partition coefficient (Wildman–Crippen LogP) is 4.38. The van der Waals surface area contributed by atoms with E-state index in [1.54, 1.807) is 0 Å². The normalized spacial score (nSPS) is 14.9. The molecular weight excluding hydrogens is 230 g/mol. The van der Waals surface area contributed by atoms with E-state index < -0.39 is 0 Å². The van der Waals surface area contributed by atoms with Crippen molar-refractivity contribution in [1.29, 1.82) is 0 Å². The van der Waals surface area contributed by atoms with Crippen molar-refractivity contribution in [2.24, 2.45) is 0 Å². The summed E-state index contributed by atoms with van der Waals surface area (Å²) in [6.45, 7) is 0.952. The molecular formula is C18H16N. The van der Waals surface area contributed by atoms with Crippen LogP contribution in [0.2, 0.25) is 0 Å². The standard InChI is InChI=1S/C18H16N/c1-2-6-14(7-3-1)12-19-13-17(15-10-11-15)16-8-4-5-9-18(16)19/h1-10,13,15H,11-12H2. The molecule has 1 heteroatoms. The van der Waals surface area contributed by atoms with E-state index in [4.69, 9.17) is 0 Å². The van der Waals surface area contributed by atoms with Gasteiger partial charge in [0.05, 0.1) is 0 Å². The van der Waals surface area contributed by atoms with Gasteiger partial charge in [0.15, 0.2) is 0 Å². The van der Waals surface area contributed by atoms with Gasteiger partial charge in [0.1, 0.15) is 0 Å². The van der Waals surface area contributed by atoms with Crippen LogP contribution in [0.4, 0.5) is 0 Å². The molecule has 1 radical (unpaired) electrons. The second kappa shape index (κ2) is 4.27. The molecule has 93 valence electrons. The topological polar surface area (TPSA) is 4.93 Å². The first-order chi connectivity index (χ1) is 9.42. The highest BCUT2D eigenvalue weighted by Crippen LogP contribution is 2.42. The van der Waals surface area contributed by atoms with Crippen molar-refractivity contribution in [1.82, 2.24) is 4.57 Å². The summed E-state index contributed by atoms with van der Waals surface area (Å²) in [7, 11) is 0. The highest BCUT2D eigenvalue weighted by molar-refractivity contribution is 5.85. The van der Waals surface area contributed by atoms with Gasteiger partial charge in [-0.15, -0.1) is 0 Å². The number of benzene rings is 2. The molecule has 0 saturated heterocycles. The van der Waals surface area contributed by atoms with E-state index in [-0.39, 0.29) is 0 Å². The molecule has 1 aromatic heterocycles. The van der Waals surface area contributed by atoms with Gasteiger partial charge in [-0.2, -0.15) is 0 Å². The smallest absolute Gasteiger partial charge is 0.0486 e. The number of hydrogen-bond donors (Lipinski definition) is 0. The van der Waals surface area contributed by atoms with Crippen LogP contribution in [-0.2, 0) is 6.54 Å². The Labute approximate surface area is 113 Å². The lowest BCUT2D eigenvalue weighted by atomic mass is 10.1. The molecule has 1 nitrogen and oxygen atoms in total. The Morgan fingerprint density at radius 1 is 0.947 bits per heavy atom. The van der Waals surface area contributed by atoms with Gasteiger partial charge in [0.25, 0.3) is 0 Å². The van der Waals surface area contributed by atoms with Crippen molar-refractivity contribution in [3.8, 4) is 0 Å². The monoisotopic (exact) mass is 246 g/mol. The third-order valence-electron chi connectivity index (χ3n) is 3.89. The van der Waals surface area contributed by atoms with Crippen LogP contribution in [0, 0.1) is 6.42 Å². The fourth-order valence-corrected chi connectivity index (χ4v) is 2.80. The van der Waals surface area contributed by atoms with Crippen LogP contribution in [0.3, 0.4) is 0 Å². The molecule has 0 spiro atoms. The van der Waals surface area contributed by atoms with E-state index in [0.717, 1.165) is 6.54 Å². The number of hydrogen-bond acceptors (Lipinski definition) is 0. The molecule has 0 bridgehead atoms. The van der Waals surface area contributed by atoms with Crippen molar-refractivity contribution >= 4 is 10.9 Å². The molecule has 0 N–H and O–H groups in total. The van der Waals surface area contributed by atoms with Gasteiger partial charge in [-0.25, -0.2) is 0 Å². The zero-order chi connectivity index (χ0) is 12.7. The number of para-hydroxylation sites is 1. The van der Waals surface area contributed by atoms with Crippen molar-refractivity contribution in [2.45, 2.75) is 18.9 Å². The zero-order valence-electron chi connectivity index (χ0n) is 10.8. The minimum atomic E-state index is 0.682. The highest BCUT2D eigenvalue weighted by Gasteiger charge is 2.27. The summed E-state index contributed by atoms with van der Waals surface area (Å²) in [6, 6.07) is 19.4. The van der Waals surface area contributed by atoms with E-state index in [0.29, 0.717) is 5.92 Å². The fraction of sp³-hybridized carbons (Fsp3) is 0.167. The molecule has 2 aromatic carbocycles. The third-order valence-corrected chi connectivity index (χ3v) is 3.89. The number of aromatic nitrogens is 1. The number of rotatable bonds is 3. The molecule has 3 aromatic rings. The first kappa shape index (κ1) is 10.9. The minimum absolute atomic E-state index is 0.682. The molecule has 0 amide bonds. The molecule has 0 aliphatic heterocycles. The van der Waals surface area contributed by atoms with Gasteiger partial charge < -0.3 is 4.57 Å². The molecule has 1 saturated carbocycles. The quantitative estimate of drug-likeness (QED) is 0.646. The first-order valence-electron chi connectivity index (χ1n) is 6.87. The van der Waals surface area contributed by atoms with Crippen LogP contribution in [-0.4, -0.2) is 4.57 Å². The number of fused-ring (bicyclic) bond motifs is 1. The Hall–Kier alpha value is -2.02. The van der Waals surface area contributed by atoms with E-state index in [9.17, 15) is 0 Å². The lowest BCUT2D eigenvalue weighted by Crippen LogP contribution is -1.97. The molecule has 1 aliphatic rings. The fourth-order valence-electron chi connectivity index (χ4n) is 2.80. The van der Waals surface area contributed by atoms with Crippen molar-refractivity contribution in [2.75, 3.05) is 0 Å². The van der Waals surface area contributed by atoms with Crippen molar-refractivity contribution < 1.29 is 0 Å². The SMILES string of the molecule is [CH]1CC1c1cn(Cc2ccccc2)c2ccccc12. The van der Waals surface area contributed by atoms with E-state index in [1.165, 1.54) is 28.5 Å².